The van der Waals surface area contributed by atoms with Gasteiger partial charge in [0.25, 0.3) is 0 Å². The number of rotatable bonds is 9. The third-order valence-corrected chi connectivity index (χ3v) is 5.89. The number of H-pyrrole nitrogens is 1. The Bertz CT molecular complexity index is 1730. The third kappa shape index (κ3) is 11.4. The number of ketones is 1. The summed E-state index contributed by atoms with van der Waals surface area (Å²) in [6, 6.07) is 15.5. The molecule has 1 unspecified atom stereocenters. The minimum Gasteiger partial charge on any atom is -0.497 e. The van der Waals surface area contributed by atoms with Gasteiger partial charge in [-0.25, -0.2) is 24.4 Å². The molecule has 0 fully saturated rings. The van der Waals surface area contributed by atoms with Gasteiger partial charge in [0.05, 0.1) is 23.7 Å². The highest BCUT2D eigenvalue weighted by Crippen LogP contribution is 2.31. The van der Waals surface area contributed by atoms with Gasteiger partial charge in [-0.15, -0.1) is 0 Å². The van der Waals surface area contributed by atoms with Gasteiger partial charge in [0.15, 0.2) is 17.5 Å². The highest BCUT2D eigenvalue weighted by molar-refractivity contribution is 6.10. The van der Waals surface area contributed by atoms with Crippen LogP contribution in [0.2, 0.25) is 0 Å². The number of para-hydroxylation sites is 2. The number of carboxylic acid groups (broad SMARTS) is 3. The summed E-state index contributed by atoms with van der Waals surface area (Å²) in [5, 5.41) is 23.7. The summed E-state index contributed by atoms with van der Waals surface area (Å²) >= 11 is 0. The normalized spacial score (nSPS) is 12.0. The lowest BCUT2D eigenvalue weighted by atomic mass is 10.0. The molecular formula is C30H27F6N3O10. The van der Waals surface area contributed by atoms with Crippen molar-refractivity contribution in [3.8, 4) is 17.4 Å². The van der Waals surface area contributed by atoms with Crippen LogP contribution in [0.4, 0.5) is 26.3 Å². The molecule has 49 heavy (non-hydrogen) atoms. The molecule has 0 spiro atoms. The average molecular weight is 704 g/mol. The van der Waals surface area contributed by atoms with Crippen molar-refractivity contribution in [2.24, 2.45) is 0 Å². The van der Waals surface area contributed by atoms with Crippen LogP contribution >= 0.6 is 0 Å². The molecule has 0 aliphatic heterocycles. The Kier molecular flexibility index (Phi) is 12.7. The van der Waals surface area contributed by atoms with Crippen molar-refractivity contribution < 1.29 is 75.1 Å². The van der Waals surface area contributed by atoms with Gasteiger partial charge in [0.1, 0.15) is 17.3 Å². The van der Waals surface area contributed by atoms with E-state index in [0.717, 1.165) is 11.0 Å². The first-order valence-corrected chi connectivity index (χ1v) is 13.4. The maximum Gasteiger partial charge on any atom is 0.490 e. The van der Waals surface area contributed by atoms with Crippen LogP contribution in [-0.2, 0) is 14.4 Å². The molecule has 2 heterocycles. The minimum absolute atomic E-state index is 0.0978. The van der Waals surface area contributed by atoms with Crippen molar-refractivity contribution in [1.29, 1.82) is 0 Å². The third-order valence-electron chi connectivity index (χ3n) is 5.89. The van der Waals surface area contributed by atoms with Crippen molar-refractivity contribution >= 4 is 34.7 Å². The van der Waals surface area contributed by atoms with E-state index in [9.17, 15) is 41.0 Å². The predicted octanol–water partition coefficient (Wildman–Crippen LogP) is 5.85. The maximum atomic E-state index is 13.2. The number of halogens is 6. The first-order chi connectivity index (χ1) is 22.6. The summed E-state index contributed by atoms with van der Waals surface area (Å²) in [6.07, 6.45) is -9.16. The summed E-state index contributed by atoms with van der Waals surface area (Å²) in [7, 11) is 1.47. The van der Waals surface area contributed by atoms with E-state index in [2.05, 4.69) is 15.0 Å². The maximum absolute atomic E-state index is 13.2. The number of aliphatic carboxylic acids is 3. The number of methoxy groups -OCH3 is 1. The van der Waals surface area contributed by atoms with Crippen LogP contribution in [0.3, 0.4) is 0 Å². The van der Waals surface area contributed by atoms with Crippen LogP contribution in [-0.4, -0.2) is 79.0 Å². The number of hydrogen-bond acceptors (Lipinski definition) is 9. The van der Waals surface area contributed by atoms with Crippen LogP contribution in [0.25, 0.3) is 11.0 Å². The lowest BCUT2D eigenvalue weighted by molar-refractivity contribution is -0.193. The second kappa shape index (κ2) is 15.8. The lowest BCUT2D eigenvalue weighted by Gasteiger charge is -2.23. The zero-order valence-corrected chi connectivity index (χ0v) is 25.7. The lowest BCUT2D eigenvalue weighted by Crippen LogP contribution is -2.38. The average Bonchev–Trinajstić information content (AvgIpc) is 3.45. The number of carbonyl (C=O) groups excluding carboxylic acids is 1. The molecule has 0 bridgehead atoms. The number of pyridine rings is 1. The Hall–Kier alpha value is -5.88. The smallest absolute Gasteiger partial charge is 0.490 e. The van der Waals surface area contributed by atoms with Crippen LogP contribution in [0.15, 0.2) is 60.8 Å². The zero-order valence-electron chi connectivity index (χ0n) is 25.7. The van der Waals surface area contributed by atoms with Crippen LogP contribution in [0.5, 0.6) is 17.4 Å². The van der Waals surface area contributed by atoms with E-state index in [4.69, 9.17) is 34.0 Å². The number of imidazole rings is 1. The number of alkyl halides is 6. The molecule has 0 saturated heterocycles. The monoisotopic (exact) mass is 703 g/mol. The number of carboxylic acids is 3. The number of aromatic amines is 1. The molecule has 4 N–H and O–H groups in total. The van der Waals surface area contributed by atoms with Gasteiger partial charge in [-0.3, -0.25) is 4.79 Å². The molecule has 13 nitrogen and oxygen atoms in total. The molecule has 1 atom stereocenters. The van der Waals surface area contributed by atoms with E-state index in [0.29, 0.717) is 17.5 Å². The quantitative estimate of drug-likeness (QED) is 0.120. The number of benzene rings is 2. The summed E-state index contributed by atoms with van der Waals surface area (Å²) in [4.78, 5) is 54.6. The van der Waals surface area contributed by atoms with Crippen LogP contribution < -0.4 is 14.2 Å². The van der Waals surface area contributed by atoms with Crippen LogP contribution in [0.1, 0.15) is 48.6 Å². The number of fused-ring (bicyclic) bond motifs is 1. The first kappa shape index (κ1) is 39.3. The molecule has 0 amide bonds. The molecular weight excluding hydrogens is 676 g/mol. The Morgan fingerprint density at radius 1 is 0.837 bits per heavy atom. The Balaban J connectivity index is 0.000000500. The molecule has 264 valence electrons. The van der Waals surface area contributed by atoms with E-state index >= 15 is 0 Å². The van der Waals surface area contributed by atoms with Crippen molar-refractivity contribution in [3.63, 3.8) is 0 Å². The largest absolute Gasteiger partial charge is 0.497 e. The van der Waals surface area contributed by atoms with Gasteiger partial charge in [-0.05, 0) is 51.1 Å². The molecule has 4 rings (SSSR count). The highest BCUT2D eigenvalue weighted by atomic mass is 19.4. The number of aromatic nitrogens is 3. The second-order valence-corrected chi connectivity index (χ2v) is 10.00. The Labute approximate surface area is 272 Å². The summed E-state index contributed by atoms with van der Waals surface area (Å²) in [6.45, 7) is 4.66. The van der Waals surface area contributed by atoms with Crippen molar-refractivity contribution in [1.82, 2.24) is 15.0 Å². The van der Waals surface area contributed by atoms with Crippen molar-refractivity contribution in [3.05, 3.63) is 77.7 Å². The van der Waals surface area contributed by atoms with E-state index in [1.807, 2.05) is 31.2 Å². The fourth-order valence-electron chi connectivity index (χ4n) is 3.36. The van der Waals surface area contributed by atoms with Crippen molar-refractivity contribution in [2.75, 3.05) is 7.11 Å². The molecule has 2 aromatic heterocycles. The fraction of sp³-hybridized carbons (Fsp3) is 0.267. The second-order valence-electron chi connectivity index (χ2n) is 10.00. The molecule has 0 saturated carbocycles. The van der Waals surface area contributed by atoms with Gasteiger partial charge < -0.3 is 34.5 Å². The highest BCUT2D eigenvalue weighted by Gasteiger charge is 2.39. The molecule has 19 heteroatoms. The predicted molar refractivity (Wildman–Crippen MR) is 156 cm³/mol. The Morgan fingerprint density at radius 3 is 1.88 bits per heavy atom. The summed E-state index contributed by atoms with van der Waals surface area (Å²) in [5.74, 6) is -5.55. The molecule has 0 aliphatic carbocycles. The minimum atomic E-state index is -5.08. The number of hydrogen-bond donors (Lipinski definition) is 4. The number of nitrogens with one attached hydrogen (secondary N) is 1. The van der Waals surface area contributed by atoms with E-state index in [1.54, 1.807) is 18.2 Å². The van der Waals surface area contributed by atoms with Gasteiger partial charge in [-0.2, -0.15) is 26.3 Å². The molecule has 0 radical (unpaired) electrons. The van der Waals surface area contributed by atoms with E-state index in [-0.39, 0.29) is 22.7 Å². The van der Waals surface area contributed by atoms with Gasteiger partial charge >= 0.3 is 30.3 Å². The molecule has 4 aromatic rings. The SMILES string of the molecule is COc1ccc(C(=O)c2ccc(OC(C)c3nc4ccccc4[nH]3)nc2)c(OC(C)(C)C(=O)O)c1.O=C(O)C(F)(F)F.O=C(O)C(F)(F)F. The van der Waals surface area contributed by atoms with Crippen LogP contribution in [0, 0.1) is 0 Å². The topological polar surface area (TPSA) is 198 Å². The molecule has 0 aliphatic rings. The number of ether oxygens (including phenoxy) is 3. The van der Waals surface area contributed by atoms with Gasteiger partial charge in [0, 0.05) is 23.9 Å². The van der Waals surface area contributed by atoms with E-state index < -0.39 is 42.0 Å². The van der Waals surface area contributed by atoms with Gasteiger partial charge in [0.2, 0.25) is 5.88 Å². The van der Waals surface area contributed by atoms with E-state index in [1.165, 1.54) is 39.3 Å². The summed E-state index contributed by atoms with van der Waals surface area (Å²) in [5.41, 5.74) is 0.679. The van der Waals surface area contributed by atoms with Gasteiger partial charge in [-0.1, -0.05) is 12.1 Å². The number of carbonyl (C=O) groups is 4. The first-order valence-electron chi connectivity index (χ1n) is 13.4. The molecule has 2 aromatic carbocycles. The van der Waals surface area contributed by atoms with Crippen molar-refractivity contribution in [2.45, 2.75) is 44.8 Å². The number of nitrogens with zero attached hydrogens (tertiary/aromatic N) is 2. The fourth-order valence-corrected chi connectivity index (χ4v) is 3.36. The Morgan fingerprint density at radius 2 is 1.41 bits per heavy atom. The standard InChI is InChI=1S/C26H25N3O6.2C2HF3O2/c1-15(24-28-19-7-5-6-8-20(19)29-24)34-22-12-9-16(14-27-22)23(30)18-11-10-17(33-4)13-21(18)35-26(2,3)25(31)32;2*3-2(4,5)1(6)7/h5-15H,1-4H3,(H,28,29)(H,31,32);2*(H,6,7). The summed E-state index contributed by atoms with van der Waals surface area (Å²) < 4.78 is 80.2. The zero-order chi connectivity index (χ0) is 37.3.